The van der Waals surface area contributed by atoms with Crippen LogP contribution in [0.2, 0.25) is 0 Å². The van der Waals surface area contributed by atoms with E-state index in [0.29, 0.717) is 12.8 Å². The third-order valence-corrected chi connectivity index (χ3v) is 11.9. The molecule has 0 aromatic carbocycles. The number of carbonyl (C=O) groups is 3. The molecule has 3 atom stereocenters. The number of aliphatic hydroxyl groups is 1. The zero-order valence-corrected chi connectivity index (χ0v) is 39.9. The van der Waals surface area contributed by atoms with Crippen LogP contribution < -0.4 is 5.32 Å². The molecular weight excluding hydrogens is 794 g/mol. The molecule has 0 radical (unpaired) electrons. The van der Waals surface area contributed by atoms with Crippen molar-refractivity contribution in [3.63, 3.8) is 0 Å². The second kappa shape index (κ2) is 44.6. The summed E-state index contributed by atoms with van der Waals surface area (Å²) in [6.45, 7) is 2.57. The Hall–Kier alpha value is -2.04. The fourth-order valence-corrected chi connectivity index (χ4v) is 7.87. The first-order valence-electron chi connectivity index (χ1n) is 24.9. The second-order valence-electron chi connectivity index (χ2n) is 17.0. The lowest BCUT2D eigenvalue weighted by Gasteiger charge is -2.18. The van der Waals surface area contributed by atoms with Gasteiger partial charge in [-0.05, 0) is 38.5 Å². The number of rotatable bonds is 47. The lowest BCUT2D eigenvalue weighted by atomic mass is 10.0. The van der Waals surface area contributed by atoms with E-state index in [1.165, 1.54) is 135 Å². The summed E-state index contributed by atoms with van der Waals surface area (Å²) in [6, 6.07) is -1.55. The van der Waals surface area contributed by atoms with Gasteiger partial charge in [-0.25, -0.2) is 9.36 Å². The van der Waals surface area contributed by atoms with Crippen LogP contribution in [0, 0.1) is 0 Å². The Labute approximate surface area is 372 Å². The lowest BCUT2D eigenvalue weighted by Crippen LogP contribution is -2.43. The molecule has 0 rings (SSSR count). The predicted octanol–water partition coefficient (Wildman–Crippen LogP) is 13.4. The summed E-state index contributed by atoms with van der Waals surface area (Å²) in [5.41, 5.74) is 0. The molecule has 0 bridgehead atoms. The number of amides is 1. The Kier molecular flexibility index (Phi) is 43.1. The SMILES string of the molecule is CCCC/C=C\C/C=C\CCCCCCCC(=O)NC(COP(=O)(O)OCC(O)COC(=O)CCCCCCCCCCCCCCCCCCCCCCCCC)C(=O)O. The van der Waals surface area contributed by atoms with Gasteiger partial charge in [0.05, 0.1) is 13.2 Å². The highest BCUT2D eigenvalue weighted by molar-refractivity contribution is 7.47. The molecule has 0 aliphatic carbocycles. The molecule has 0 saturated carbocycles. The van der Waals surface area contributed by atoms with E-state index in [1.807, 2.05) is 0 Å². The van der Waals surface area contributed by atoms with Gasteiger partial charge in [-0.1, -0.05) is 212 Å². The van der Waals surface area contributed by atoms with Crippen molar-refractivity contribution < 1.29 is 47.8 Å². The van der Waals surface area contributed by atoms with Gasteiger partial charge in [0.2, 0.25) is 5.91 Å². The van der Waals surface area contributed by atoms with Gasteiger partial charge in [-0.15, -0.1) is 0 Å². The number of carboxylic acid groups (broad SMARTS) is 1. The molecule has 0 spiro atoms. The summed E-state index contributed by atoms with van der Waals surface area (Å²) in [5.74, 6) is -2.38. The van der Waals surface area contributed by atoms with Crippen molar-refractivity contribution in [1.29, 1.82) is 0 Å². The Morgan fingerprint density at radius 1 is 0.525 bits per heavy atom. The molecule has 12 heteroatoms. The number of carbonyl (C=O) groups excluding carboxylic acids is 2. The number of phosphoric acid groups is 1. The number of hydrogen-bond donors (Lipinski definition) is 4. The number of aliphatic carboxylic acids is 1. The number of allylic oxidation sites excluding steroid dienone is 4. The molecule has 0 aromatic rings. The summed E-state index contributed by atoms with van der Waals surface area (Å²) in [4.78, 5) is 46.0. The molecule has 0 saturated heterocycles. The fourth-order valence-electron chi connectivity index (χ4n) is 7.10. The Morgan fingerprint density at radius 3 is 1.38 bits per heavy atom. The van der Waals surface area contributed by atoms with Gasteiger partial charge in [-0.2, -0.15) is 0 Å². The van der Waals surface area contributed by atoms with E-state index in [1.54, 1.807) is 0 Å². The van der Waals surface area contributed by atoms with Gasteiger partial charge >= 0.3 is 19.8 Å². The number of unbranched alkanes of at least 4 members (excludes halogenated alkanes) is 29. The zero-order valence-electron chi connectivity index (χ0n) is 39.0. The van der Waals surface area contributed by atoms with Gasteiger partial charge in [0.1, 0.15) is 12.7 Å². The molecule has 4 N–H and O–H groups in total. The highest BCUT2D eigenvalue weighted by Gasteiger charge is 2.28. The Balaban J connectivity index is 3.78. The van der Waals surface area contributed by atoms with Crippen LogP contribution in [0.1, 0.15) is 239 Å². The van der Waals surface area contributed by atoms with Crippen LogP contribution in [-0.4, -0.2) is 64.9 Å². The average Bonchev–Trinajstić information content (AvgIpc) is 3.24. The van der Waals surface area contributed by atoms with E-state index in [4.69, 9.17) is 13.8 Å². The minimum atomic E-state index is -4.76. The van der Waals surface area contributed by atoms with E-state index in [2.05, 4.69) is 43.5 Å². The van der Waals surface area contributed by atoms with E-state index in [9.17, 15) is 34.1 Å². The molecule has 61 heavy (non-hydrogen) atoms. The van der Waals surface area contributed by atoms with E-state index in [0.717, 1.165) is 64.2 Å². The number of nitrogens with one attached hydrogen (secondary N) is 1. The van der Waals surface area contributed by atoms with E-state index in [-0.39, 0.29) is 12.8 Å². The predicted molar refractivity (Wildman–Crippen MR) is 249 cm³/mol. The highest BCUT2D eigenvalue weighted by atomic mass is 31.2. The first kappa shape index (κ1) is 59.0. The fraction of sp³-hybridized carbons (Fsp3) is 0.857. The third kappa shape index (κ3) is 44.4. The number of hydrogen-bond acceptors (Lipinski definition) is 8. The molecule has 3 unspecified atom stereocenters. The summed E-state index contributed by atoms with van der Waals surface area (Å²) in [6.07, 6.45) is 47.8. The number of ether oxygens (including phenoxy) is 1. The number of esters is 1. The molecule has 0 fully saturated rings. The van der Waals surface area contributed by atoms with Crippen molar-refractivity contribution in [2.24, 2.45) is 0 Å². The molecule has 0 aromatic heterocycles. The molecule has 0 aliphatic heterocycles. The lowest BCUT2D eigenvalue weighted by molar-refractivity contribution is -0.147. The quantitative estimate of drug-likeness (QED) is 0.0200. The standard InChI is InChI=1S/C49H92NO10P/c1-3-5-7-9-11-13-15-17-19-20-21-22-23-24-25-26-27-29-31-33-35-37-39-41-48(53)58-42-45(51)43-59-61(56,57)60-44-46(49(54)55)50-47(52)40-38-36-34-32-30-28-18-16-14-12-10-8-6-4-2/h10,12,16,18,45-46,51H,3-9,11,13-15,17,19-44H2,1-2H3,(H,50,52)(H,54,55)(H,56,57)/b12-10-,18-16-. The van der Waals surface area contributed by atoms with Gasteiger partial charge in [0, 0.05) is 12.8 Å². The summed E-state index contributed by atoms with van der Waals surface area (Å²) < 4.78 is 26.9. The first-order chi connectivity index (χ1) is 29.6. The van der Waals surface area contributed by atoms with Crippen LogP contribution in [-0.2, 0) is 32.7 Å². The number of carboxylic acids is 1. The summed E-state index contributed by atoms with van der Waals surface area (Å²) >= 11 is 0. The van der Waals surface area contributed by atoms with Gasteiger partial charge < -0.3 is 25.2 Å². The number of aliphatic hydroxyl groups excluding tert-OH is 1. The molecule has 0 heterocycles. The van der Waals surface area contributed by atoms with E-state index >= 15 is 0 Å². The van der Waals surface area contributed by atoms with Crippen molar-refractivity contribution in [2.45, 2.75) is 251 Å². The average molecular weight is 886 g/mol. The minimum Gasteiger partial charge on any atom is -0.480 e. The van der Waals surface area contributed by atoms with Crippen LogP contribution in [0.15, 0.2) is 24.3 Å². The topological polar surface area (TPSA) is 169 Å². The largest absolute Gasteiger partial charge is 0.480 e. The minimum absolute atomic E-state index is 0.131. The Bertz CT molecular complexity index is 1130. The van der Waals surface area contributed by atoms with Gasteiger partial charge in [0.15, 0.2) is 6.04 Å². The van der Waals surface area contributed by atoms with Crippen LogP contribution in [0.4, 0.5) is 0 Å². The monoisotopic (exact) mass is 886 g/mol. The van der Waals surface area contributed by atoms with Crippen molar-refractivity contribution in [2.75, 3.05) is 19.8 Å². The van der Waals surface area contributed by atoms with Crippen LogP contribution in [0.5, 0.6) is 0 Å². The second-order valence-corrected chi connectivity index (χ2v) is 18.5. The zero-order chi connectivity index (χ0) is 44.9. The highest BCUT2D eigenvalue weighted by Crippen LogP contribution is 2.43. The van der Waals surface area contributed by atoms with Crippen molar-refractivity contribution >= 4 is 25.7 Å². The maximum Gasteiger partial charge on any atom is 0.472 e. The van der Waals surface area contributed by atoms with Crippen molar-refractivity contribution in [1.82, 2.24) is 5.32 Å². The van der Waals surface area contributed by atoms with E-state index < -0.39 is 57.6 Å². The smallest absolute Gasteiger partial charge is 0.472 e. The number of phosphoric ester groups is 1. The van der Waals surface area contributed by atoms with Crippen LogP contribution in [0.25, 0.3) is 0 Å². The van der Waals surface area contributed by atoms with Crippen LogP contribution >= 0.6 is 7.82 Å². The summed E-state index contributed by atoms with van der Waals surface area (Å²) in [7, 11) is -4.76. The molecule has 11 nitrogen and oxygen atoms in total. The van der Waals surface area contributed by atoms with Gasteiger partial charge in [-0.3, -0.25) is 18.6 Å². The van der Waals surface area contributed by atoms with Gasteiger partial charge in [0.25, 0.3) is 0 Å². The first-order valence-corrected chi connectivity index (χ1v) is 26.4. The van der Waals surface area contributed by atoms with Crippen LogP contribution in [0.3, 0.4) is 0 Å². The molecule has 1 amide bonds. The molecular formula is C49H92NO10P. The Morgan fingerprint density at radius 2 is 0.918 bits per heavy atom. The third-order valence-electron chi connectivity index (χ3n) is 11.0. The van der Waals surface area contributed by atoms with Crippen molar-refractivity contribution in [3.8, 4) is 0 Å². The maximum atomic E-state index is 12.3. The maximum absolute atomic E-state index is 12.3. The molecule has 358 valence electrons. The van der Waals surface area contributed by atoms with Crippen molar-refractivity contribution in [3.05, 3.63) is 24.3 Å². The normalized spacial score (nSPS) is 13.8. The summed E-state index contributed by atoms with van der Waals surface area (Å²) in [5, 5.41) is 21.9. The molecule has 0 aliphatic rings.